The molecule has 0 unspecified atom stereocenters. The molecule has 1 spiro atoms. The minimum Gasteiger partial charge on any atom is -0.308 e. The van der Waals surface area contributed by atoms with E-state index in [4.69, 9.17) is 0 Å². The Hall–Kier alpha value is -2.40. The Balaban J connectivity index is 1.63. The highest BCUT2D eigenvalue weighted by Crippen LogP contribution is 2.47. The first-order chi connectivity index (χ1) is 12.5. The first-order valence-electron chi connectivity index (χ1n) is 9.11. The third kappa shape index (κ3) is 2.97. The largest absolute Gasteiger partial charge is 0.326 e. The van der Waals surface area contributed by atoms with E-state index in [0.717, 1.165) is 31.6 Å². The summed E-state index contributed by atoms with van der Waals surface area (Å²) in [5.74, 6) is -0.310. The van der Waals surface area contributed by atoms with Gasteiger partial charge in [-0.3, -0.25) is 4.90 Å². The number of fused-ring (bicyclic) bond motifs is 2. The average Bonchev–Trinajstić information content (AvgIpc) is 2.94. The number of amides is 2. The van der Waals surface area contributed by atoms with Crippen LogP contribution in [0.5, 0.6) is 0 Å². The van der Waals surface area contributed by atoms with E-state index in [0.29, 0.717) is 12.2 Å². The molecule has 2 aromatic carbocycles. The van der Waals surface area contributed by atoms with Crippen molar-refractivity contribution in [3.05, 3.63) is 59.4 Å². The molecule has 26 heavy (non-hydrogen) atoms. The molecular formula is C21H24FN3O. The van der Waals surface area contributed by atoms with E-state index in [9.17, 15) is 9.18 Å². The molecule has 2 aliphatic heterocycles. The summed E-state index contributed by atoms with van der Waals surface area (Å²) < 4.78 is 13.1. The van der Waals surface area contributed by atoms with Crippen LogP contribution in [0.3, 0.4) is 0 Å². The predicted octanol–water partition coefficient (Wildman–Crippen LogP) is 4.15. The Morgan fingerprint density at radius 2 is 1.81 bits per heavy atom. The maximum Gasteiger partial charge on any atom is 0.326 e. The van der Waals surface area contributed by atoms with Crippen molar-refractivity contribution in [2.75, 3.05) is 36.9 Å². The van der Waals surface area contributed by atoms with Crippen LogP contribution in [0.4, 0.5) is 20.6 Å². The maximum absolute atomic E-state index is 13.1. The van der Waals surface area contributed by atoms with Crippen molar-refractivity contribution >= 4 is 17.4 Å². The lowest BCUT2D eigenvalue weighted by atomic mass is 9.74. The van der Waals surface area contributed by atoms with E-state index in [1.54, 1.807) is 12.1 Å². The fraction of sp³-hybridized carbons (Fsp3) is 0.381. The van der Waals surface area contributed by atoms with Gasteiger partial charge in [0, 0.05) is 23.3 Å². The molecule has 2 amide bonds. The summed E-state index contributed by atoms with van der Waals surface area (Å²) in [6.07, 6.45) is 2.11. The van der Waals surface area contributed by atoms with Crippen LogP contribution in [0.15, 0.2) is 42.5 Å². The van der Waals surface area contributed by atoms with Crippen molar-refractivity contribution < 1.29 is 9.18 Å². The molecule has 5 heteroatoms. The number of aryl methyl sites for hydroxylation is 1. The van der Waals surface area contributed by atoms with Crippen LogP contribution in [0, 0.1) is 12.7 Å². The van der Waals surface area contributed by atoms with Crippen molar-refractivity contribution in [1.82, 2.24) is 4.90 Å². The van der Waals surface area contributed by atoms with Crippen LogP contribution >= 0.6 is 0 Å². The zero-order valence-corrected chi connectivity index (χ0v) is 15.3. The summed E-state index contributed by atoms with van der Waals surface area (Å²) in [5, 5.41) is 2.91. The molecular weight excluding hydrogens is 329 g/mol. The summed E-state index contributed by atoms with van der Waals surface area (Å²) in [6, 6.07) is 12.1. The van der Waals surface area contributed by atoms with Gasteiger partial charge in [-0.15, -0.1) is 0 Å². The molecule has 0 aliphatic carbocycles. The minimum atomic E-state index is -0.310. The van der Waals surface area contributed by atoms with Gasteiger partial charge in [-0.25, -0.2) is 9.18 Å². The van der Waals surface area contributed by atoms with Gasteiger partial charge in [0.1, 0.15) is 5.82 Å². The van der Waals surface area contributed by atoms with Crippen LogP contribution in [-0.2, 0) is 5.41 Å². The molecule has 2 heterocycles. The minimum absolute atomic E-state index is 0.0357. The molecule has 0 atom stereocenters. The molecule has 1 saturated heterocycles. The zero-order chi connectivity index (χ0) is 18.3. The number of benzene rings is 2. The standard InChI is InChI=1S/C21H24FN3O/c1-15-3-8-19-18(13-15)21(9-11-24(2)12-10-21)14-25(19)20(26)23-17-6-4-16(22)5-7-17/h3-8,13H,9-12,14H2,1-2H3,(H,23,26). The third-order valence-electron chi connectivity index (χ3n) is 5.76. The Kier molecular flexibility index (Phi) is 4.19. The van der Waals surface area contributed by atoms with Crippen molar-refractivity contribution in [1.29, 1.82) is 0 Å². The second-order valence-corrected chi connectivity index (χ2v) is 7.63. The summed E-state index contributed by atoms with van der Waals surface area (Å²) >= 11 is 0. The van der Waals surface area contributed by atoms with Gasteiger partial charge in [-0.2, -0.15) is 0 Å². The van der Waals surface area contributed by atoms with E-state index < -0.39 is 0 Å². The number of rotatable bonds is 1. The lowest BCUT2D eigenvalue weighted by Crippen LogP contribution is -2.45. The van der Waals surface area contributed by atoms with E-state index in [1.807, 2.05) is 4.90 Å². The SMILES string of the molecule is Cc1ccc2c(c1)C1(CCN(C)CC1)CN2C(=O)Nc1ccc(F)cc1. The Morgan fingerprint density at radius 1 is 1.12 bits per heavy atom. The van der Waals surface area contributed by atoms with E-state index in [-0.39, 0.29) is 17.3 Å². The Labute approximate surface area is 153 Å². The monoisotopic (exact) mass is 353 g/mol. The number of anilines is 2. The Bertz CT molecular complexity index is 826. The second kappa shape index (κ2) is 6.40. The lowest BCUT2D eigenvalue weighted by Gasteiger charge is -2.38. The number of nitrogens with one attached hydrogen (secondary N) is 1. The number of likely N-dealkylation sites (tertiary alicyclic amines) is 1. The van der Waals surface area contributed by atoms with Crippen LogP contribution in [0.1, 0.15) is 24.0 Å². The van der Waals surface area contributed by atoms with Crippen molar-refractivity contribution in [2.45, 2.75) is 25.2 Å². The van der Waals surface area contributed by atoms with Crippen molar-refractivity contribution in [3.63, 3.8) is 0 Å². The zero-order valence-electron chi connectivity index (χ0n) is 15.3. The molecule has 1 N–H and O–H groups in total. The predicted molar refractivity (Wildman–Crippen MR) is 102 cm³/mol. The topological polar surface area (TPSA) is 35.6 Å². The van der Waals surface area contributed by atoms with E-state index in [2.05, 4.69) is 42.4 Å². The van der Waals surface area contributed by atoms with Gasteiger partial charge >= 0.3 is 6.03 Å². The highest BCUT2D eigenvalue weighted by Gasteiger charge is 2.46. The van der Waals surface area contributed by atoms with Gasteiger partial charge in [-0.05, 0) is 75.8 Å². The normalized spacial score (nSPS) is 18.8. The lowest BCUT2D eigenvalue weighted by molar-refractivity contribution is 0.196. The molecule has 2 aromatic rings. The molecule has 4 rings (SSSR count). The molecule has 0 radical (unpaired) electrons. The summed E-state index contributed by atoms with van der Waals surface area (Å²) in [5.41, 5.74) is 4.16. The average molecular weight is 353 g/mol. The quantitative estimate of drug-likeness (QED) is 0.836. The number of hydrogen-bond acceptors (Lipinski definition) is 2. The number of urea groups is 1. The van der Waals surface area contributed by atoms with Crippen LogP contribution in [0.2, 0.25) is 0 Å². The molecule has 0 saturated carbocycles. The van der Waals surface area contributed by atoms with Gasteiger partial charge < -0.3 is 10.2 Å². The number of halogens is 1. The van der Waals surface area contributed by atoms with Gasteiger partial charge in [0.05, 0.1) is 0 Å². The fourth-order valence-corrected chi connectivity index (χ4v) is 4.16. The third-order valence-corrected chi connectivity index (χ3v) is 5.76. The highest BCUT2D eigenvalue weighted by atomic mass is 19.1. The first kappa shape index (κ1) is 17.0. The number of piperidine rings is 1. The van der Waals surface area contributed by atoms with Crippen molar-refractivity contribution in [2.24, 2.45) is 0 Å². The highest BCUT2D eigenvalue weighted by molar-refractivity contribution is 6.03. The number of nitrogens with zero attached hydrogens (tertiary/aromatic N) is 2. The molecule has 4 nitrogen and oxygen atoms in total. The fourth-order valence-electron chi connectivity index (χ4n) is 4.16. The number of carbonyl (C=O) groups is 1. The second-order valence-electron chi connectivity index (χ2n) is 7.63. The Morgan fingerprint density at radius 3 is 2.50 bits per heavy atom. The molecule has 1 fully saturated rings. The van der Waals surface area contributed by atoms with Crippen LogP contribution in [-0.4, -0.2) is 37.6 Å². The van der Waals surface area contributed by atoms with E-state index >= 15 is 0 Å². The molecule has 136 valence electrons. The van der Waals surface area contributed by atoms with Crippen molar-refractivity contribution in [3.8, 4) is 0 Å². The smallest absolute Gasteiger partial charge is 0.308 e. The summed E-state index contributed by atoms with van der Waals surface area (Å²) in [4.78, 5) is 17.1. The maximum atomic E-state index is 13.1. The van der Waals surface area contributed by atoms with Crippen LogP contribution in [0.25, 0.3) is 0 Å². The van der Waals surface area contributed by atoms with E-state index in [1.165, 1.54) is 23.3 Å². The van der Waals surface area contributed by atoms with Gasteiger partial charge in [0.2, 0.25) is 0 Å². The van der Waals surface area contributed by atoms with Gasteiger partial charge in [0.25, 0.3) is 0 Å². The summed E-state index contributed by atoms with van der Waals surface area (Å²) in [6.45, 7) is 4.89. The molecule has 0 bridgehead atoms. The molecule has 2 aliphatic rings. The number of carbonyl (C=O) groups excluding carboxylic acids is 1. The van der Waals surface area contributed by atoms with Gasteiger partial charge in [-0.1, -0.05) is 17.7 Å². The van der Waals surface area contributed by atoms with Crippen LogP contribution < -0.4 is 10.2 Å². The molecule has 0 aromatic heterocycles. The first-order valence-corrected chi connectivity index (χ1v) is 9.11. The summed E-state index contributed by atoms with van der Waals surface area (Å²) in [7, 11) is 2.15. The van der Waals surface area contributed by atoms with Gasteiger partial charge in [0.15, 0.2) is 0 Å². The number of hydrogen-bond donors (Lipinski definition) is 1.